The molecule has 0 fully saturated rings. The Morgan fingerprint density at radius 2 is 2.20 bits per heavy atom. The zero-order chi connectivity index (χ0) is 4.12. The Bertz CT molecular complexity index is 46.1. The first kappa shape index (κ1) is 5.15. The number of rotatable bonds is 1. The summed E-state index contributed by atoms with van der Waals surface area (Å²) < 4.78 is 0. The van der Waals surface area contributed by atoms with E-state index in [-0.39, 0.29) is 0 Å². The van der Waals surface area contributed by atoms with Gasteiger partial charge in [0.1, 0.15) is 5.40 Å². The van der Waals surface area contributed by atoms with Crippen LogP contribution in [0.5, 0.6) is 0 Å². The second kappa shape index (κ2) is 4.15. The molecular formula is CN2S2. The van der Waals surface area contributed by atoms with Crippen molar-refractivity contribution in [2.45, 2.75) is 0 Å². The predicted molar refractivity (Wildman–Crippen MR) is 22.9 cm³/mol. The van der Waals surface area contributed by atoms with Crippen LogP contribution in [-0.2, 0) is 0 Å². The lowest BCUT2D eigenvalue weighted by Gasteiger charge is -1.61. The molecule has 0 aromatic rings. The number of thiocyanates is 1. The Morgan fingerprint density at radius 3 is 2.20 bits per heavy atom. The normalized spacial score (nSPS) is 6.40. The van der Waals surface area contributed by atoms with Crippen LogP contribution in [0.3, 0.4) is 0 Å². The minimum Gasteiger partial charge on any atom is -0.184 e. The Labute approximate surface area is 38.3 Å². The van der Waals surface area contributed by atoms with Gasteiger partial charge in [0, 0.05) is 21.8 Å². The fourth-order valence-electron chi connectivity index (χ4n) is 0.0167. The van der Waals surface area contributed by atoms with E-state index >= 15 is 0 Å². The Hall–Kier alpha value is 0.150. The zero-order valence-electron chi connectivity index (χ0n) is 2.21. The van der Waals surface area contributed by atoms with Crippen LogP contribution < -0.4 is 5.14 Å². The van der Waals surface area contributed by atoms with Crippen molar-refractivity contribution in [1.29, 1.82) is 5.26 Å². The maximum atomic E-state index is 7.72. The van der Waals surface area contributed by atoms with Crippen molar-refractivity contribution in [3.63, 3.8) is 0 Å². The SMILES string of the molecule is [N]SSC#N. The summed E-state index contributed by atoms with van der Waals surface area (Å²) in [6.07, 6.45) is 0. The molecule has 0 aromatic heterocycles. The van der Waals surface area contributed by atoms with E-state index in [2.05, 4.69) is 0 Å². The first-order valence-corrected chi connectivity index (χ1v) is 2.88. The van der Waals surface area contributed by atoms with Gasteiger partial charge in [-0.05, 0) is 5.14 Å². The molecule has 0 aliphatic carbocycles. The van der Waals surface area contributed by atoms with Crippen molar-refractivity contribution in [2.75, 3.05) is 0 Å². The minimum absolute atomic E-state index is 0.457. The molecule has 4 heteroatoms. The van der Waals surface area contributed by atoms with Gasteiger partial charge in [0.15, 0.2) is 0 Å². The molecular weight excluding hydrogens is 104 g/mol. The van der Waals surface area contributed by atoms with Gasteiger partial charge in [-0.25, -0.2) is 0 Å². The quantitative estimate of drug-likeness (QED) is 0.281. The molecule has 0 unspecified atom stereocenters. The van der Waals surface area contributed by atoms with Gasteiger partial charge in [-0.2, -0.15) is 5.26 Å². The molecule has 2 nitrogen and oxygen atoms in total. The minimum atomic E-state index is 0.457. The Morgan fingerprint density at radius 1 is 1.60 bits per heavy atom. The summed E-state index contributed by atoms with van der Waals surface area (Å²) in [5.41, 5.74) is 0. The topological polar surface area (TPSA) is 46.1 Å². The van der Waals surface area contributed by atoms with Crippen molar-refractivity contribution < 1.29 is 0 Å². The van der Waals surface area contributed by atoms with Crippen molar-refractivity contribution in [3.8, 4) is 5.40 Å². The first-order chi connectivity index (χ1) is 2.41. The van der Waals surface area contributed by atoms with Crippen LogP contribution in [0.4, 0.5) is 0 Å². The van der Waals surface area contributed by atoms with Crippen molar-refractivity contribution in [1.82, 2.24) is 5.14 Å². The van der Waals surface area contributed by atoms with Gasteiger partial charge in [0.25, 0.3) is 0 Å². The average molecular weight is 104 g/mol. The van der Waals surface area contributed by atoms with Gasteiger partial charge in [-0.1, -0.05) is 0 Å². The highest BCUT2D eigenvalue weighted by molar-refractivity contribution is 8.77. The molecule has 0 rings (SSSR count). The van der Waals surface area contributed by atoms with Gasteiger partial charge in [0.05, 0.1) is 0 Å². The van der Waals surface area contributed by atoms with E-state index in [1.165, 1.54) is 0 Å². The fourth-order valence-corrected chi connectivity index (χ4v) is 0.150. The lowest BCUT2D eigenvalue weighted by atomic mass is 11.8. The molecule has 0 amide bonds. The summed E-state index contributed by atoms with van der Waals surface area (Å²) in [7, 11) is 1.20. The molecule has 0 heterocycles. The van der Waals surface area contributed by atoms with Crippen LogP contribution in [-0.4, -0.2) is 0 Å². The van der Waals surface area contributed by atoms with Crippen LogP contribution in [0.15, 0.2) is 0 Å². The number of hydrogen-bond donors (Lipinski definition) is 0. The van der Waals surface area contributed by atoms with Crippen molar-refractivity contribution in [2.24, 2.45) is 0 Å². The molecule has 2 radical (unpaired) electrons. The average Bonchev–Trinajstić information content (AvgIpc) is 1.41. The lowest BCUT2D eigenvalue weighted by molar-refractivity contribution is 1.57. The summed E-state index contributed by atoms with van der Waals surface area (Å²) in [4.78, 5) is 0. The maximum Gasteiger partial charge on any atom is 0.146 e. The second-order valence-corrected chi connectivity index (χ2v) is 1.69. The van der Waals surface area contributed by atoms with E-state index in [1.54, 1.807) is 5.40 Å². The molecule has 0 spiro atoms. The standard InChI is InChI=1S/CN2S2/c2-1-4-5-3. The predicted octanol–water partition coefficient (Wildman–Crippen LogP) is 0.833. The molecule has 26 valence electrons. The van der Waals surface area contributed by atoms with Crippen molar-refractivity contribution >= 4 is 21.8 Å². The van der Waals surface area contributed by atoms with Gasteiger partial charge in [-0.3, -0.25) is 0 Å². The molecule has 0 aliphatic rings. The van der Waals surface area contributed by atoms with Crippen molar-refractivity contribution in [3.05, 3.63) is 0 Å². The van der Waals surface area contributed by atoms with Crippen LogP contribution in [0.25, 0.3) is 0 Å². The zero-order valence-corrected chi connectivity index (χ0v) is 3.84. The number of hydrogen-bond acceptors (Lipinski definition) is 3. The van der Waals surface area contributed by atoms with E-state index < -0.39 is 0 Å². The van der Waals surface area contributed by atoms with Gasteiger partial charge < -0.3 is 0 Å². The van der Waals surface area contributed by atoms with Crippen LogP contribution in [0.1, 0.15) is 0 Å². The van der Waals surface area contributed by atoms with Gasteiger partial charge in [-0.15, -0.1) is 0 Å². The third-order valence-corrected chi connectivity index (χ3v) is 0.671. The number of nitriles is 1. The van der Waals surface area contributed by atoms with Crippen LogP contribution >= 0.6 is 21.8 Å². The molecule has 0 saturated heterocycles. The number of nitrogens with zero attached hydrogens (tertiary/aromatic N) is 2. The molecule has 0 N–H and O–H groups in total. The molecule has 0 atom stereocenters. The third kappa shape index (κ3) is 4.15. The highest BCUT2D eigenvalue weighted by Gasteiger charge is 1.70. The third-order valence-electron chi connectivity index (χ3n) is 0.0745. The van der Waals surface area contributed by atoms with Crippen LogP contribution in [0.2, 0.25) is 0 Å². The first-order valence-electron chi connectivity index (χ1n) is 0.777. The smallest absolute Gasteiger partial charge is 0.146 e. The fraction of sp³-hybridized carbons (Fsp3) is 0. The highest BCUT2D eigenvalue weighted by atomic mass is 33.1. The second-order valence-electron chi connectivity index (χ2n) is 0.249. The molecule has 0 saturated carbocycles. The van der Waals surface area contributed by atoms with E-state index in [1.807, 2.05) is 0 Å². The maximum absolute atomic E-state index is 7.72. The van der Waals surface area contributed by atoms with Gasteiger partial charge in [0.2, 0.25) is 0 Å². The Kier molecular flexibility index (Phi) is 4.27. The van der Waals surface area contributed by atoms with Gasteiger partial charge >= 0.3 is 0 Å². The van der Waals surface area contributed by atoms with E-state index in [0.29, 0.717) is 11.0 Å². The summed E-state index contributed by atoms with van der Waals surface area (Å²) in [6.45, 7) is 0. The summed E-state index contributed by atoms with van der Waals surface area (Å²) in [5, 5.41) is 17.0. The summed E-state index contributed by atoms with van der Waals surface area (Å²) >= 11 is 0. The molecule has 0 aromatic carbocycles. The molecule has 5 heavy (non-hydrogen) atoms. The summed E-state index contributed by atoms with van der Waals surface area (Å²) in [6, 6.07) is 0. The monoisotopic (exact) mass is 104 g/mol. The van der Waals surface area contributed by atoms with E-state index in [9.17, 15) is 0 Å². The lowest BCUT2D eigenvalue weighted by Crippen LogP contribution is -1.37. The Balaban J connectivity index is 2.48. The van der Waals surface area contributed by atoms with E-state index in [4.69, 9.17) is 10.4 Å². The van der Waals surface area contributed by atoms with Crippen LogP contribution in [0, 0.1) is 10.7 Å². The highest BCUT2D eigenvalue weighted by Crippen LogP contribution is 2.10. The van der Waals surface area contributed by atoms with E-state index in [0.717, 1.165) is 10.8 Å². The summed E-state index contributed by atoms with van der Waals surface area (Å²) in [5.74, 6) is 0. The molecule has 0 aliphatic heterocycles. The molecule has 0 bridgehead atoms. The largest absolute Gasteiger partial charge is 0.184 e.